The van der Waals surface area contributed by atoms with Gasteiger partial charge in [0.05, 0.1) is 13.2 Å². The number of hydrogen-bond donors (Lipinski definition) is 0. The predicted octanol–water partition coefficient (Wildman–Crippen LogP) is 3.43. The molecule has 1 aromatic rings. The van der Waals surface area contributed by atoms with E-state index in [1.54, 1.807) is 13.0 Å². The van der Waals surface area contributed by atoms with E-state index < -0.39 is 28.9 Å². The summed E-state index contributed by atoms with van der Waals surface area (Å²) in [5.41, 5.74) is 1.24. The lowest BCUT2D eigenvalue weighted by atomic mass is 10.1. The van der Waals surface area contributed by atoms with Crippen molar-refractivity contribution in [3.05, 3.63) is 57.7 Å². The second-order valence-corrected chi connectivity index (χ2v) is 8.38. The zero-order valence-corrected chi connectivity index (χ0v) is 19.3. The summed E-state index contributed by atoms with van der Waals surface area (Å²) in [7, 11) is 0. The summed E-state index contributed by atoms with van der Waals surface area (Å²) in [6.45, 7) is 4.21. The monoisotopic (exact) mass is 463 g/mol. The molecule has 2 aliphatic rings. The molecule has 9 heteroatoms. The minimum absolute atomic E-state index is 0.0552. The molecular formula is C24H33NO8. The molecule has 2 saturated heterocycles. The van der Waals surface area contributed by atoms with Gasteiger partial charge >= 0.3 is 5.97 Å². The van der Waals surface area contributed by atoms with Gasteiger partial charge in [0.2, 0.25) is 6.54 Å². The number of ether oxygens (including phenoxy) is 5. The summed E-state index contributed by atoms with van der Waals surface area (Å²) in [6, 6.07) is 9.81. The number of carbonyl (C=O) groups is 1. The van der Waals surface area contributed by atoms with Crippen molar-refractivity contribution >= 4 is 5.97 Å². The highest BCUT2D eigenvalue weighted by molar-refractivity contribution is 5.88. The van der Waals surface area contributed by atoms with Crippen LogP contribution >= 0.6 is 0 Å². The van der Waals surface area contributed by atoms with E-state index in [9.17, 15) is 14.9 Å². The maximum absolute atomic E-state index is 12.4. The normalized spacial score (nSPS) is 27.9. The fourth-order valence-corrected chi connectivity index (χ4v) is 4.03. The van der Waals surface area contributed by atoms with Crippen molar-refractivity contribution in [2.75, 3.05) is 26.4 Å². The Morgan fingerprint density at radius 1 is 1.27 bits per heavy atom. The van der Waals surface area contributed by atoms with Crippen molar-refractivity contribution in [3.63, 3.8) is 0 Å². The lowest BCUT2D eigenvalue weighted by molar-refractivity contribution is -0.479. The minimum Gasteiger partial charge on any atom is -0.463 e. The van der Waals surface area contributed by atoms with Crippen LogP contribution in [0.4, 0.5) is 0 Å². The van der Waals surface area contributed by atoms with E-state index in [2.05, 4.69) is 0 Å². The van der Waals surface area contributed by atoms with Gasteiger partial charge in [-0.1, -0.05) is 30.3 Å². The third kappa shape index (κ3) is 7.89. The highest BCUT2D eigenvalue weighted by Crippen LogP contribution is 2.34. The Kier molecular flexibility index (Phi) is 9.37. The molecule has 2 aliphatic heterocycles. The SMILES string of the molecule is CCOC(=O)C(=CC1OC(C)(Cc2ccccc2)OC1COC1CCCCO1)CC[N+](=O)[O-]. The molecule has 0 aliphatic carbocycles. The topological polar surface area (TPSA) is 106 Å². The zero-order valence-electron chi connectivity index (χ0n) is 19.3. The highest BCUT2D eigenvalue weighted by Gasteiger charge is 2.44. The second-order valence-electron chi connectivity index (χ2n) is 8.38. The smallest absolute Gasteiger partial charge is 0.334 e. The molecule has 0 bridgehead atoms. The molecule has 2 fully saturated rings. The van der Waals surface area contributed by atoms with Gasteiger partial charge in [-0.2, -0.15) is 0 Å². The van der Waals surface area contributed by atoms with E-state index in [1.165, 1.54) is 0 Å². The molecule has 0 saturated carbocycles. The van der Waals surface area contributed by atoms with Gasteiger partial charge < -0.3 is 23.7 Å². The van der Waals surface area contributed by atoms with Gasteiger partial charge in [0.1, 0.15) is 12.2 Å². The molecule has 0 amide bonds. The molecule has 1 aromatic carbocycles. The Bertz CT molecular complexity index is 808. The molecule has 0 radical (unpaired) electrons. The Labute approximate surface area is 194 Å². The van der Waals surface area contributed by atoms with Crippen LogP contribution in [-0.2, 0) is 34.9 Å². The summed E-state index contributed by atoms with van der Waals surface area (Å²) >= 11 is 0. The maximum Gasteiger partial charge on any atom is 0.334 e. The molecule has 9 nitrogen and oxygen atoms in total. The van der Waals surface area contributed by atoms with Gasteiger partial charge in [-0.25, -0.2) is 4.79 Å². The zero-order chi connectivity index (χ0) is 23.7. The molecule has 0 aromatic heterocycles. The van der Waals surface area contributed by atoms with Gasteiger partial charge in [0.25, 0.3) is 0 Å². The molecule has 3 rings (SSSR count). The Hall–Kier alpha value is -2.33. The predicted molar refractivity (Wildman–Crippen MR) is 119 cm³/mol. The lowest BCUT2D eigenvalue weighted by Gasteiger charge is -2.25. The van der Waals surface area contributed by atoms with Crippen LogP contribution in [0.2, 0.25) is 0 Å². The molecule has 33 heavy (non-hydrogen) atoms. The van der Waals surface area contributed by atoms with Gasteiger partial charge in [0.15, 0.2) is 12.1 Å². The van der Waals surface area contributed by atoms with E-state index in [1.807, 2.05) is 37.3 Å². The van der Waals surface area contributed by atoms with Crippen LogP contribution in [0.5, 0.6) is 0 Å². The minimum atomic E-state index is -0.952. The fraction of sp³-hybridized carbons (Fsp3) is 0.625. The molecule has 4 atom stereocenters. The summed E-state index contributed by atoms with van der Waals surface area (Å²) in [5.74, 6) is -1.54. The average molecular weight is 464 g/mol. The van der Waals surface area contributed by atoms with Crippen molar-refractivity contribution in [2.24, 2.45) is 0 Å². The van der Waals surface area contributed by atoms with Crippen molar-refractivity contribution in [1.82, 2.24) is 0 Å². The molecule has 2 heterocycles. The van der Waals surface area contributed by atoms with Gasteiger partial charge in [-0.05, 0) is 44.7 Å². The Morgan fingerprint density at radius 3 is 2.73 bits per heavy atom. The average Bonchev–Trinajstić information content (AvgIpc) is 3.11. The third-order valence-electron chi connectivity index (χ3n) is 5.57. The van der Waals surface area contributed by atoms with Crippen LogP contribution in [0.3, 0.4) is 0 Å². The van der Waals surface area contributed by atoms with E-state index in [-0.39, 0.29) is 38.0 Å². The van der Waals surface area contributed by atoms with Crippen LogP contribution in [-0.4, -0.2) is 61.5 Å². The first-order valence-electron chi connectivity index (χ1n) is 11.5. The number of benzene rings is 1. The molecule has 4 unspecified atom stereocenters. The standard InChI is InChI=1S/C24H33NO8/c1-3-29-23(26)19(12-13-25(27)28)15-20-21(17-31-22-11-7-8-14-30-22)33-24(2,32-20)16-18-9-5-4-6-10-18/h4-6,9-10,15,20-22H,3,7-8,11-14,16-17H2,1-2H3. The number of nitro groups is 1. The van der Waals surface area contributed by atoms with Crippen LogP contribution in [0.25, 0.3) is 0 Å². The Morgan fingerprint density at radius 2 is 2.06 bits per heavy atom. The van der Waals surface area contributed by atoms with Crippen LogP contribution in [0.15, 0.2) is 42.0 Å². The first kappa shape index (κ1) is 25.3. The molecule has 182 valence electrons. The van der Waals surface area contributed by atoms with Crippen molar-refractivity contribution in [1.29, 1.82) is 0 Å². The third-order valence-corrected chi connectivity index (χ3v) is 5.57. The van der Waals surface area contributed by atoms with Crippen molar-refractivity contribution in [3.8, 4) is 0 Å². The summed E-state index contributed by atoms with van der Waals surface area (Å²) < 4.78 is 29.3. The largest absolute Gasteiger partial charge is 0.463 e. The van der Waals surface area contributed by atoms with Crippen molar-refractivity contribution in [2.45, 2.75) is 70.2 Å². The maximum atomic E-state index is 12.4. The van der Waals surface area contributed by atoms with Gasteiger partial charge in [-0.15, -0.1) is 0 Å². The number of rotatable bonds is 11. The van der Waals surface area contributed by atoms with E-state index in [0.717, 1.165) is 24.8 Å². The first-order valence-corrected chi connectivity index (χ1v) is 11.5. The van der Waals surface area contributed by atoms with Gasteiger partial charge in [0, 0.05) is 29.9 Å². The summed E-state index contributed by atoms with van der Waals surface area (Å²) in [6.07, 6.45) is 3.46. The van der Waals surface area contributed by atoms with E-state index in [4.69, 9.17) is 23.7 Å². The fourth-order valence-electron chi connectivity index (χ4n) is 4.03. The second kappa shape index (κ2) is 12.2. The number of esters is 1. The number of carbonyl (C=O) groups excluding carboxylic acids is 1. The molecule has 0 N–H and O–H groups in total. The summed E-state index contributed by atoms with van der Waals surface area (Å²) in [4.78, 5) is 22.9. The van der Waals surface area contributed by atoms with E-state index in [0.29, 0.717) is 13.0 Å². The molecule has 0 spiro atoms. The van der Waals surface area contributed by atoms with Gasteiger partial charge in [-0.3, -0.25) is 10.1 Å². The van der Waals surface area contributed by atoms with Crippen LogP contribution in [0, 0.1) is 10.1 Å². The highest BCUT2D eigenvalue weighted by atomic mass is 16.8. The quantitative estimate of drug-likeness (QED) is 0.213. The number of hydrogen-bond acceptors (Lipinski definition) is 8. The van der Waals surface area contributed by atoms with E-state index >= 15 is 0 Å². The first-order chi connectivity index (χ1) is 15.9. The van der Waals surface area contributed by atoms with Crippen molar-refractivity contribution < 1.29 is 33.4 Å². The van der Waals surface area contributed by atoms with Crippen LogP contribution in [0.1, 0.15) is 45.1 Å². The lowest BCUT2D eigenvalue weighted by Crippen LogP contribution is -2.33. The van der Waals surface area contributed by atoms with Crippen LogP contribution < -0.4 is 0 Å². The Balaban J connectivity index is 1.78. The molecular weight excluding hydrogens is 430 g/mol. The number of nitrogens with zero attached hydrogens (tertiary/aromatic N) is 1. The summed E-state index contributed by atoms with van der Waals surface area (Å²) in [5, 5.41) is 10.9.